The number of aliphatic hydroxyl groups excluding tert-OH is 1. The highest BCUT2D eigenvalue weighted by Crippen LogP contribution is 2.42. The highest BCUT2D eigenvalue weighted by Gasteiger charge is 2.47. The van der Waals surface area contributed by atoms with E-state index in [1.165, 1.54) is 0 Å². The minimum atomic E-state index is -0.147. The molecule has 0 aliphatic carbocycles. The maximum absolute atomic E-state index is 10.0. The van der Waals surface area contributed by atoms with Crippen LogP contribution in [0.2, 0.25) is 0 Å². The van der Waals surface area contributed by atoms with Gasteiger partial charge >= 0.3 is 0 Å². The van der Waals surface area contributed by atoms with E-state index >= 15 is 0 Å². The minimum absolute atomic E-state index is 0.0539. The zero-order chi connectivity index (χ0) is 20.9. The maximum atomic E-state index is 10.0. The third-order valence-corrected chi connectivity index (χ3v) is 6.85. The van der Waals surface area contributed by atoms with Gasteiger partial charge in [0.1, 0.15) is 5.69 Å². The van der Waals surface area contributed by atoms with E-state index in [9.17, 15) is 5.11 Å². The van der Waals surface area contributed by atoms with E-state index in [-0.39, 0.29) is 24.2 Å². The summed E-state index contributed by atoms with van der Waals surface area (Å²) in [6, 6.07) is 6.05. The monoisotopic (exact) mass is 408 g/mol. The molecule has 3 aromatic rings. The molecule has 0 saturated carbocycles. The average Bonchev–Trinajstić information content (AvgIpc) is 3.34. The SMILES string of the molecule is Cc1nc(N2CCC3(CC2)CO[C@@H](C)[C@H]3N)c(CO)nc1-c1ccn2nccc2c1. The predicted molar refractivity (Wildman–Crippen MR) is 114 cm³/mol. The number of fused-ring (bicyclic) bond motifs is 1. The fraction of sp³-hybridized carbons (Fsp3) is 0.500. The molecule has 8 nitrogen and oxygen atoms in total. The number of piperidine rings is 1. The maximum Gasteiger partial charge on any atom is 0.153 e. The zero-order valence-corrected chi connectivity index (χ0v) is 17.5. The van der Waals surface area contributed by atoms with Crippen LogP contribution in [-0.2, 0) is 11.3 Å². The van der Waals surface area contributed by atoms with Crippen molar-refractivity contribution in [1.29, 1.82) is 0 Å². The molecule has 30 heavy (non-hydrogen) atoms. The Bertz CT molecular complexity index is 1070. The van der Waals surface area contributed by atoms with E-state index in [1.54, 1.807) is 6.20 Å². The quantitative estimate of drug-likeness (QED) is 0.683. The lowest BCUT2D eigenvalue weighted by atomic mass is 9.73. The number of nitrogens with zero attached hydrogens (tertiary/aromatic N) is 5. The Hall–Kier alpha value is -2.55. The topological polar surface area (TPSA) is 102 Å². The summed E-state index contributed by atoms with van der Waals surface area (Å²) < 4.78 is 7.65. The summed E-state index contributed by atoms with van der Waals surface area (Å²) in [5, 5.41) is 14.3. The van der Waals surface area contributed by atoms with Gasteiger partial charge in [0, 0.05) is 42.5 Å². The molecule has 0 radical (unpaired) electrons. The van der Waals surface area contributed by atoms with E-state index in [2.05, 4.69) is 16.9 Å². The van der Waals surface area contributed by atoms with Crippen molar-refractivity contribution in [1.82, 2.24) is 19.6 Å². The fourth-order valence-electron chi connectivity index (χ4n) is 4.88. The van der Waals surface area contributed by atoms with Gasteiger partial charge in [-0.3, -0.25) is 0 Å². The second-order valence-corrected chi connectivity index (χ2v) is 8.59. The van der Waals surface area contributed by atoms with Crippen molar-refractivity contribution < 1.29 is 9.84 Å². The van der Waals surface area contributed by atoms with Crippen molar-refractivity contribution in [3.05, 3.63) is 42.0 Å². The molecule has 0 aromatic carbocycles. The van der Waals surface area contributed by atoms with Crippen LogP contribution in [0, 0.1) is 12.3 Å². The lowest BCUT2D eigenvalue weighted by Gasteiger charge is -2.42. The van der Waals surface area contributed by atoms with Crippen molar-refractivity contribution in [3.8, 4) is 11.3 Å². The average molecular weight is 409 g/mol. The molecule has 1 spiro atoms. The Kier molecular flexibility index (Phi) is 4.72. The van der Waals surface area contributed by atoms with E-state index in [1.807, 2.05) is 35.8 Å². The third-order valence-electron chi connectivity index (χ3n) is 6.85. The highest BCUT2D eigenvalue weighted by atomic mass is 16.5. The van der Waals surface area contributed by atoms with Gasteiger partial charge in [-0.05, 0) is 44.9 Å². The molecule has 5 rings (SSSR count). The molecule has 5 heterocycles. The second kappa shape index (κ2) is 7.30. The molecule has 158 valence electrons. The number of rotatable bonds is 3. The molecule has 0 unspecified atom stereocenters. The first-order valence-corrected chi connectivity index (χ1v) is 10.5. The van der Waals surface area contributed by atoms with Crippen LogP contribution in [0.25, 0.3) is 16.8 Å². The van der Waals surface area contributed by atoms with Crippen LogP contribution in [0.1, 0.15) is 31.2 Å². The van der Waals surface area contributed by atoms with Gasteiger partial charge in [0.15, 0.2) is 5.82 Å². The Labute approximate surface area is 175 Å². The molecular formula is C22H28N6O2. The predicted octanol–water partition coefficient (Wildman–Crippen LogP) is 1.92. The first-order chi connectivity index (χ1) is 14.5. The summed E-state index contributed by atoms with van der Waals surface area (Å²) in [6.07, 6.45) is 5.72. The number of anilines is 1. The smallest absolute Gasteiger partial charge is 0.153 e. The molecule has 2 fully saturated rings. The van der Waals surface area contributed by atoms with Crippen LogP contribution in [0.15, 0.2) is 30.6 Å². The largest absolute Gasteiger partial charge is 0.390 e. The molecule has 3 aromatic heterocycles. The zero-order valence-electron chi connectivity index (χ0n) is 17.5. The molecule has 2 aliphatic heterocycles. The number of ether oxygens (including phenoxy) is 1. The molecule has 2 saturated heterocycles. The summed E-state index contributed by atoms with van der Waals surface area (Å²) in [5.41, 5.74) is 10.7. The molecule has 3 N–H and O–H groups in total. The van der Waals surface area contributed by atoms with E-state index < -0.39 is 0 Å². The minimum Gasteiger partial charge on any atom is -0.390 e. The lowest BCUT2D eigenvalue weighted by molar-refractivity contribution is 0.0973. The van der Waals surface area contributed by atoms with Crippen LogP contribution < -0.4 is 10.6 Å². The molecule has 2 aliphatic rings. The first kappa shape index (κ1) is 19.4. The van der Waals surface area contributed by atoms with Gasteiger partial charge in [-0.1, -0.05) is 0 Å². The number of pyridine rings is 1. The Balaban J connectivity index is 1.43. The van der Waals surface area contributed by atoms with E-state index in [4.69, 9.17) is 20.4 Å². The Morgan fingerprint density at radius 1 is 1.27 bits per heavy atom. The second-order valence-electron chi connectivity index (χ2n) is 8.59. The molecular weight excluding hydrogens is 380 g/mol. The summed E-state index contributed by atoms with van der Waals surface area (Å²) in [4.78, 5) is 11.9. The van der Waals surface area contributed by atoms with Crippen molar-refractivity contribution in [2.75, 3.05) is 24.6 Å². The number of aryl methyl sites for hydroxylation is 1. The van der Waals surface area contributed by atoms with Gasteiger partial charge in [0.2, 0.25) is 0 Å². The normalized spacial score (nSPS) is 23.5. The van der Waals surface area contributed by atoms with Crippen molar-refractivity contribution in [3.63, 3.8) is 0 Å². The third kappa shape index (κ3) is 3.07. The summed E-state index contributed by atoms with van der Waals surface area (Å²) in [6.45, 7) is 6.30. The first-order valence-electron chi connectivity index (χ1n) is 10.5. The van der Waals surface area contributed by atoms with E-state index in [0.717, 1.165) is 60.8 Å². The van der Waals surface area contributed by atoms with Crippen molar-refractivity contribution >= 4 is 11.3 Å². The number of nitrogens with two attached hydrogens (primary N) is 1. The number of aromatic nitrogens is 4. The van der Waals surface area contributed by atoms with Gasteiger partial charge in [0.25, 0.3) is 0 Å². The van der Waals surface area contributed by atoms with Crippen LogP contribution in [0.3, 0.4) is 0 Å². The standard InChI is InChI=1S/C22H28N6O2/c1-14-19(16-4-8-28-17(11-16)3-7-24-28)26-18(12-29)21(25-14)27-9-5-22(6-10-27)13-30-15(2)20(22)23/h3-4,7-8,11,15,20,29H,5-6,9-10,12-13,23H2,1-2H3/t15-,20+/m0/s1. The highest BCUT2D eigenvalue weighted by molar-refractivity contribution is 5.68. The van der Waals surface area contributed by atoms with Gasteiger partial charge < -0.3 is 20.5 Å². The molecule has 0 bridgehead atoms. The van der Waals surface area contributed by atoms with Gasteiger partial charge in [-0.2, -0.15) is 5.10 Å². The van der Waals surface area contributed by atoms with Crippen molar-refractivity contribution in [2.24, 2.45) is 11.1 Å². The van der Waals surface area contributed by atoms with Crippen LogP contribution in [0.4, 0.5) is 5.82 Å². The Morgan fingerprint density at radius 2 is 2.07 bits per heavy atom. The summed E-state index contributed by atoms with van der Waals surface area (Å²) >= 11 is 0. The van der Waals surface area contributed by atoms with Gasteiger partial charge in [-0.25, -0.2) is 14.5 Å². The lowest BCUT2D eigenvalue weighted by Crippen LogP contribution is -2.51. The Morgan fingerprint density at radius 3 is 2.77 bits per heavy atom. The summed E-state index contributed by atoms with van der Waals surface area (Å²) in [7, 11) is 0. The number of aliphatic hydroxyl groups is 1. The van der Waals surface area contributed by atoms with Gasteiger partial charge in [-0.15, -0.1) is 0 Å². The molecule has 8 heteroatoms. The van der Waals surface area contributed by atoms with Crippen LogP contribution in [-0.4, -0.2) is 56.5 Å². The van der Waals surface area contributed by atoms with Crippen LogP contribution >= 0.6 is 0 Å². The van der Waals surface area contributed by atoms with E-state index in [0.29, 0.717) is 5.69 Å². The molecule has 2 atom stereocenters. The molecule has 0 amide bonds. The van der Waals surface area contributed by atoms with Gasteiger partial charge in [0.05, 0.1) is 36.2 Å². The van der Waals surface area contributed by atoms with Crippen molar-refractivity contribution in [2.45, 2.75) is 45.4 Å². The number of hydrogen-bond acceptors (Lipinski definition) is 7. The summed E-state index contributed by atoms with van der Waals surface area (Å²) in [5.74, 6) is 0.777. The van der Waals surface area contributed by atoms with Crippen LogP contribution in [0.5, 0.6) is 0 Å². The number of hydrogen-bond donors (Lipinski definition) is 2. The fourth-order valence-corrected chi connectivity index (χ4v) is 4.88.